The van der Waals surface area contributed by atoms with Crippen LogP contribution in [0.15, 0.2) is 54.6 Å². The SMILES string of the molecule is Cc1cc(C2=CC3CCC(C2)N3Cc2ccccc2)ccc1C#N. The molecule has 2 unspecified atom stereocenters. The molecule has 0 N–H and O–H groups in total. The molecule has 2 aromatic rings. The molecule has 0 amide bonds. The quantitative estimate of drug-likeness (QED) is 0.822. The Labute approximate surface area is 144 Å². The third kappa shape index (κ3) is 2.77. The van der Waals surface area contributed by atoms with E-state index in [1.807, 2.05) is 13.0 Å². The molecule has 0 aliphatic carbocycles. The maximum Gasteiger partial charge on any atom is 0.0994 e. The van der Waals surface area contributed by atoms with Crippen molar-refractivity contribution in [3.63, 3.8) is 0 Å². The lowest BCUT2D eigenvalue weighted by Crippen LogP contribution is -2.37. The topological polar surface area (TPSA) is 27.0 Å². The minimum absolute atomic E-state index is 0.551. The van der Waals surface area contributed by atoms with Gasteiger partial charge in [0.05, 0.1) is 11.6 Å². The highest BCUT2D eigenvalue weighted by molar-refractivity contribution is 5.69. The smallest absolute Gasteiger partial charge is 0.0994 e. The largest absolute Gasteiger partial charge is 0.289 e. The highest BCUT2D eigenvalue weighted by atomic mass is 15.2. The monoisotopic (exact) mass is 314 g/mol. The molecule has 2 aliphatic rings. The second-order valence-electron chi connectivity index (χ2n) is 6.99. The number of aryl methyl sites for hydroxylation is 1. The van der Waals surface area contributed by atoms with Gasteiger partial charge in [-0.25, -0.2) is 0 Å². The van der Waals surface area contributed by atoms with E-state index in [4.69, 9.17) is 5.26 Å². The van der Waals surface area contributed by atoms with Gasteiger partial charge in [-0.1, -0.05) is 48.5 Å². The van der Waals surface area contributed by atoms with E-state index in [1.165, 1.54) is 29.5 Å². The fourth-order valence-corrected chi connectivity index (χ4v) is 4.16. The van der Waals surface area contributed by atoms with Crippen molar-refractivity contribution in [3.8, 4) is 6.07 Å². The van der Waals surface area contributed by atoms with Gasteiger partial charge in [0, 0.05) is 18.6 Å². The highest BCUT2D eigenvalue weighted by Gasteiger charge is 2.36. The first kappa shape index (κ1) is 15.2. The molecular formula is C22H22N2. The molecule has 0 saturated carbocycles. The predicted octanol–water partition coefficient (Wildman–Crippen LogP) is 4.69. The molecule has 4 rings (SSSR count). The molecule has 1 fully saturated rings. The zero-order valence-corrected chi connectivity index (χ0v) is 14.1. The summed E-state index contributed by atoms with van der Waals surface area (Å²) in [6, 6.07) is 20.5. The number of benzene rings is 2. The molecule has 2 nitrogen and oxygen atoms in total. The molecule has 2 aliphatic heterocycles. The molecule has 0 aromatic heterocycles. The van der Waals surface area contributed by atoms with Gasteiger partial charge in [-0.2, -0.15) is 5.26 Å². The molecule has 2 heterocycles. The van der Waals surface area contributed by atoms with Crippen molar-refractivity contribution in [2.24, 2.45) is 0 Å². The summed E-state index contributed by atoms with van der Waals surface area (Å²) in [7, 11) is 0. The third-order valence-electron chi connectivity index (χ3n) is 5.47. The average Bonchev–Trinajstić information content (AvgIpc) is 2.83. The van der Waals surface area contributed by atoms with Gasteiger partial charge in [0.25, 0.3) is 0 Å². The third-order valence-corrected chi connectivity index (χ3v) is 5.47. The van der Waals surface area contributed by atoms with Gasteiger partial charge >= 0.3 is 0 Å². The van der Waals surface area contributed by atoms with Gasteiger partial charge < -0.3 is 0 Å². The molecule has 0 radical (unpaired) electrons. The summed E-state index contributed by atoms with van der Waals surface area (Å²) in [5.74, 6) is 0. The fourth-order valence-electron chi connectivity index (χ4n) is 4.16. The maximum atomic E-state index is 9.12. The Morgan fingerprint density at radius 1 is 1.12 bits per heavy atom. The van der Waals surface area contributed by atoms with Crippen LogP contribution in [0.5, 0.6) is 0 Å². The van der Waals surface area contributed by atoms with Gasteiger partial charge in [0.2, 0.25) is 0 Å². The van der Waals surface area contributed by atoms with Crippen molar-refractivity contribution in [2.75, 3.05) is 0 Å². The van der Waals surface area contributed by atoms with E-state index in [0.717, 1.165) is 24.1 Å². The number of nitrogens with zero attached hydrogens (tertiary/aromatic N) is 2. The van der Waals surface area contributed by atoms with E-state index in [0.29, 0.717) is 12.1 Å². The Morgan fingerprint density at radius 2 is 1.96 bits per heavy atom. The Morgan fingerprint density at radius 3 is 2.67 bits per heavy atom. The molecule has 2 atom stereocenters. The van der Waals surface area contributed by atoms with Crippen LogP contribution in [-0.4, -0.2) is 17.0 Å². The summed E-state index contributed by atoms with van der Waals surface area (Å²) in [5, 5.41) is 9.12. The number of rotatable bonds is 3. The summed E-state index contributed by atoms with van der Waals surface area (Å²) in [5.41, 5.74) is 6.02. The molecule has 2 aromatic carbocycles. The average molecular weight is 314 g/mol. The van der Waals surface area contributed by atoms with Gasteiger partial charge in [0.15, 0.2) is 0 Å². The maximum absolute atomic E-state index is 9.12. The van der Waals surface area contributed by atoms with Gasteiger partial charge in [-0.15, -0.1) is 0 Å². The van der Waals surface area contributed by atoms with Crippen LogP contribution in [-0.2, 0) is 6.54 Å². The van der Waals surface area contributed by atoms with Gasteiger partial charge in [-0.3, -0.25) is 4.90 Å². The summed E-state index contributed by atoms with van der Waals surface area (Å²) in [6.45, 7) is 3.08. The van der Waals surface area contributed by atoms with Crippen LogP contribution >= 0.6 is 0 Å². The minimum atomic E-state index is 0.551. The van der Waals surface area contributed by atoms with E-state index in [-0.39, 0.29) is 0 Å². The number of nitriles is 1. The molecule has 1 saturated heterocycles. The predicted molar refractivity (Wildman–Crippen MR) is 97.3 cm³/mol. The molecule has 24 heavy (non-hydrogen) atoms. The first-order valence-corrected chi connectivity index (χ1v) is 8.76. The Bertz CT molecular complexity index is 814. The minimum Gasteiger partial charge on any atom is -0.289 e. The molecular weight excluding hydrogens is 292 g/mol. The van der Waals surface area contributed by atoms with Crippen LogP contribution in [0.2, 0.25) is 0 Å². The first-order chi connectivity index (χ1) is 11.7. The van der Waals surface area contributed by atoms with Crippen LogP contribution in [0.4, 0.5) is 0 Å². The van der Waals surface area contributed by atoms with Crippen LogP contribution < -0.4 is 0 Å². The normalized spacial score (nSPS) is 22.9. The van der Waals surface area contributed by atoms with E-state index in [2.05, 4.69) is 59.5 Å². The second-order valence-corrected chi connectivity index (χ2v) is 6.99. The van der Waals surface area contributed by atoms with Gasteiger partial charge in [0.1, 0.15) is 0 Å². The van der Waals surface area contributed by atoms with E-state index in [9.17, 15) is 0 Å². The lowest BCUT2D eigenvalue weighted by molar-refractivity contribution is 0.203. The van der Waals surface area contributed by atoms with Crippen LogP contribution in [0, 0.1) is 18.3 Å². The molecule has 0 spiro atoms. The van der Waals surface area contributed by atoms with Crippen molar-refractivity contribution in [3.05, 3.63) is 76.9 Å². The molecule has 120 valence electrons. The summed E-state index contributed by atoms with van der Waals surface area (Å²) in [6.07, 6.45) is 6.13. The summed E-state index contributed by atoms with van der Waals surface area (Å²) >= 11 is 0. The standard InChI is InChI=1S/C22H22N2/c1-16-11-18(7-8-19(16)14-23)20-12-21-9-10-22(13-20)24(21)15-17-5-3-2-4-6-17/h2-8,11-12,21-22H,9-10,13,15H2,1H3. The lowest BCUT2D eigenvalue weighted by Gasteiger charge is -2.34. The Balaban J connectivity index is 1.58. The Hall–Kier alpha value is -2.37. The van der Waals surface area contributed by atoms with Crippen molar-refractivity contribution in [1.29, 1.82) is 5.26 Å². The second kappa shape index (κ2) is 6.26. The first-order valence-electron chi connectivity index (χ1n) is 8.76. The zero-order chi connectivity index (χ0) is 16.5. The van der Waals surface area contributed by atoms with Crippen molar-refractivity contribution in [2.45, 2.75) is 44.8 Å². The van der Waals surface area contributed by atoms with Crippen LogP contribution in [0.25, 0.3) is 5.57 Å². The zero-order valence-electron chi connectivity index (χ0n) is 14.1. The van der Waals surface area contributed by atoms with E-state index >= 15 is 0 Å². The number of fused-ring (bicyclic) bond motifs is 2. The Kier molecular flexibility index (Phi) is 3.96. The summed E-state index contributed by atoms with van der Waals surface area (Å²) < 4.78 is 0. The van der Waals surface area contributed by atoms with E-state index < -0.39 is 0 Å². The highest BCUT2D eigenvalue weighted by Crippen LogP contribution is 2.39. The van der Waals surface area contributed by atoms with Crippen LogP contribution in [0.3, 0.4) is 0 Å². The number of hydrogen-bond donors (Lipinski definition) is 0. The molecule has 2 bridgehead atoms. The van der Waals surface area contributed by atoms with Crippen molar-refractivity contribution in [1.82, 2.24) is 4.90 Å². The number of hydrogen-bond acceptors (Lipinski definition) is 2. The van der Waals surface area contributed by atoms with Gasteiger partial charge in [-0.05, 0) is 54.5 Å². The van der Waals surface area contributed by atoms with Crippen molar-refractivity contribution >= 4 is 5.57 Å². The van der Waals surface area contributed by atoms with Crippen LogP contribution in [0.1, 0.15) is 41.5 Å². The summed E-state index contributed by atoms with van der Waals surface area (Å²) in [4.78, 5) is 2.66. The molecule has 2 heteroatoms. The van der Waals surface area contributed by atoms with E-state index in [1.54, 1.807) is 0 Å². The van der Waals surface area contributed by atoms with Crippen molar-refractivity contribution < 1.29 is 0 Å². The lowest BCUT2D eigenvalue weighted by atomic mass is 9.92. The fraction of sp³-hybridized carbons (Fsp3) is 0.318.